The Hall–Kier alpha value is -1.43. The molecule has 3 aliphatic rings. The van der Waals surface area contributed by atoms with Crippen molar-refractivity contribution in [3.8, 4) is 0 Å². The predicted molar refractivity (Wildman–Crippen MR) is 102 cm³/mol. The number of aliphatic hydroxyl groups excluding tert-OH is 1. The topological polar surface area (TPSA) is 89.9 Å². The van der Waals surface area contributed by atoms with Crippen molar-refractivity contribution in [2.45, 2.75) is 84.8 Å². The molecule has 2 unspecified atom stereocenters. The van der Waals surface area contributed by atoms with E-state index in [1.54, 1.807) is 0 Å². The van der Waals surface area contributed by atoms with E-state index < -0.39 is 11.5 Å². The fourth-order valence-electron chi connectivity index (χ4n) is 6.27. The number of esters is 2. The number of hydrogen-bond acceptors (Lipinski definition) is 6. The monoisotopic (exact) mass is 394 g/mol. The Balaban J connectivity index is 1.92. The van der Waals surface area contributed by atoms with Gasteiger partial charge in [-0.1, -0.05) is 13.8 Å². The van der Waals surface area contributed by atoms with Crippen molar-refractivity contribution in [3.05, 3.63) is 0 Å². The molecule has 0 bridgehead atoms. The van der Waals surface area contributed by atoms with Crippen LogP contribution in [0, 0.1) is 28.6 Å². The molecule has 7 atom stereocenters. The molecule has 6 nitrogen and oxygen atoms in total. The zero-order valence-corrected chi connectivity index (χ0v) is 17.5. The summed E-state index contributed by atoms with van der Waals surface area (Å²) in [7, 11) is 0. The van der Waals surface area contributed by atoms with Gasteiger partial charge >= 0.3 is 11.9 Å². The number of ether oxygens (including phenoxy) is 2. The summed E-state index contributed by atoms with van der Waals surface area (Å²) in [4.78, 5) is 35.9. The molecule has 0 aromatic carbocycles. The first-order chi connectivity index (χ1) is 13.1. The molecule has 3 saturated carbocycles. The van der Waals surface area contributed by atoms with Gasteiger partial charge in [-0.05, 0) is 43.9 Å². The summed E-state index contributed by atoms with van der Waals surface area (Å²) in [5.74, 6) is -0.210. The molecule has 0 aromatic rings. The van der Waals surface area contributed by atoms with Crippen molar-refractivity contribution in [1.82, 2.24) is 0 Å². The molecule has 158 valence electrons. The van der Waals surface area contributed by atoms with Crippen LogP contribution >= 0.6 is 0 Å². The van der Waals surface area contributed by atoms with Crippen LogP contribution in [0.2, 0.25) is 0 Å². The van der Waals surface area contributed by atoms with E-state index in [2.05, 4.69) is 6.92 Å². The van der Waals surface area contributed by atoms with Crippen LogP contribution < -0.4 is 0 Å². The second-order valence-electron chi connectivity index (χ2n) is 9.64. The minimum Gasteiger partial charge on any atom is -0.466 e. The van der Waals surface area contributed by atoms with Crippen LogP contribution in [0.3, 0.4) is 0 Å². The molecule has 0 spiro atoms. The predicted octanol–water partition coefficient (Wildman–Crippen LogP) is 3.04. The van der Waals surface area contributed by atoms with Crippen LogP contribution in [0.15, 0.2) is 0 Å². The summed E-state index contributed by atoms with van der Waals surface area (Å²) in [5, 5.41) is 10.2. The second kappa shape index (κ2) is 7.77. The minimum atomic E-state index is -0.410. The van der Waals surface area contributed by atoms with E-state index in [9.17, 15) is 19.5 Å². The Morgan fingerprint density at radius 3 is 2.43 bits per heavy atom. The number of rotatable bonds is 4. The van der Waals surface area contributed by atoms with E-state index in [-0.39, 0.29) is 53.6 Å². The second-order valence-corrected chi connectivity index (χ2v) is 9.64. The molecular formula is C22H34O6. The first kappa shape index (κ1) is 21.3. The third kappa shape index (κ3) is 3.72. The molecule has 0 saturated heterocycles. The van der Waals surface area contributed by atoms with Crippen LogP contribution in [-0.4, -0.2) is 41.6 Å². The number of carbonyl (C=O) groups excluding carboxylic acids is 3. The van der Waals surface area contributed by atoms with E-state index in [4.69, 9.17) is 9.47 Å². The standard InChI is InChI=1S/C22H34O6/c1-13(23)27-12-15-11-16(25)7-9-21(15,3)18-8-10-22(4)17(5-6-19(22)26)20(18)28-14(2)24/h15-18,20,25H,5-12H2,1-4H3/t15-,16-,17?,18?,20+,21+,22+/m1/s1. The summed E-state index contributed by atoms with van der Waals surface area (Å²) in [6.07, 6.45) is 4.28. The summed E-state index contributed by atoms with van der Waals surface area (Å²) < 4.78 is 11.2. The summed E-state index contributed by atoms with van der Waals surface area (Å²) in [6.45, 7) is 7.32. The number of Topliss-reactive ketones (excluding diaryl/α,β-unsaturated/α-hetero) is 1. The van der Waals surface area contributed by atoms with Gasteiger partial charge < -0.3 is 14.6 Å². The van der Waals surface area contributed by atoms with Crippen molar-refractivity contribution in [2.75, 3.05) is 6.61 Å². The number of fused-ring (bicyclic) bond motifs is 1. The van der Waals surface area contributed by atoms with Gasteiger partial charge in [0.05, 0.1) is 12.7 Å². The van der Waals surface area contributed by atoms with Gasteiger partial charge in [0.1, 0.15) is 11.9 Å². The van der Waals surface area contributed by atoms with Gasteiger partial charge in [-0.25, -0.2) is 0 Å². The largest absolute Gasteiger partial charge is 0.466 e. The maximum atomic E-state index is 12.6. The van der Waals surface area contributed by atoms with E-state index >= 15 is 0 Å². The third-order valence-electron chi connectivity index (χ3n) is 8.05. The molecule has 1 N–H and O–H groups in total. The highest BCUT2D eigenvalue weighted by Crippen LogP contribution is 2.59. The summed E-state index contributed by atoms with van der Waals surface area (Å²) in [6, 6.07) is 0. The molecule has 0 radical (unpaired) electrons. The van der Waals surface area contributed by atoms with Crippen molar-refractivity contribution < 1.29 is 29.0 Å². The first-order valence-corrected chi connectivity index (χ1v) is 10.6. The fraction of sp³-hybridized carbons (Fsp3) is 0.864. The van der Waals surface area contributed by atoms with Gasteiger partial charge in [-0.15, -0.1) is 0 Å². The number of aliphatic hydroxyl groups is 1. The van der Waals surface area contributed by atoms with Crippen LogP contribution in [-0.2, 0) is 23.9 Å². The lowest BCUT2D eigenvalue weighted by atomic mass is 9.52. The highest BCUT2D eigenvalue weighted by molar-refractivity contribution is 5.87. The Kier molecular flexibility index (Phi) is 5.91. The minimum absolute atomic E-state index is 0.00432. The molecule has 0 heterocycles. The maximum Gasteiger partial charge on any atom is 0.302 e. The Morgan fingerprint density at radius 2 is 1.79 bits per heavy atom. The van der Waals surface area contributed by atoms with Crippen LogP contribution in [0.1, 0.15) is 72.6 Å². The lowest BCUT2D eigenvalue weighted by Gasteiger charge is -2.55. The molecule has 28 heavy (non-hydrogen) atoms. The SMILES string of the molecule is CC(=O)OC[C@H]1C[C@H](O)CC[C@]1(C)C1CC[C@]2(C)C(=O)CCC2[C@@H]1OC(C)=O. The fourth-order valence-corrected chi connectivity index (χ4v) is 6.27. The van der Waals surface area contributed by atoms with Gasteiger partial charge in [-0.2, -0.15) is 0 Å². The Morgan fingerprint density at radius 1 is 1.07 bits per heavy atom. The smallest absolute Gasteiger partial charge is 0.302 e. The number of carbonyl (C=O) groups is 3. The molecule has 0 amide bonds. The van der Waals surface area contributed by atoms with Crippen LogP contribution in [0.5, 0.6) is 0 Å². The van der Waals surface area contributed by atoms with Crippen molar-refractivity contribution in [1.29, 1.82) is 0 Å². The molecule has 3 fully saturated rings. The molecule has 3 aliphatic carbocycles. The van der Waals surface area contributed by atoms with Crippen molar-refractivity contribution >= 4 is 17.7 Å². The average molecular weight is 395 g/mol. The van der Waals surface area contributed by atoms with E-state index in [1.165, 1.54) is 13.8 Å². The normalized spacial score (nSPS) is 43.3. The molecule has 6 heteroatoms. The highest BCUT2D eigenvalue weighted by atomic mass is 16.5. The average Bonchev–Trinajstić information content (AvgIpc) is 2.91. The third-order valence-corrected chi connectivity index (χ3v) is 8.05. The number of ketones is 1. The summed E-state index contributed by atoms with van der Waals surface area (Å²) >= 11 is 0. The lowest BCUT2D eigenvalue weighted by molar-refractivity contribution is -0.179. The zero-order valence-electron chi connectivity index (χ0n) is 17.5. The maximum absolute atomic E-state index is 12.6. The Bertz CT molecular complexity index is 645. The van der Waals surface area contributed by atoms with Crippen molar-refractivity contribution in [2.24, 2.45) is 28.6 Å². The van der Waals surface area contributed by atoms with E-state index in [0.717, 1.165) is 25.7 Å². The van der Waals surface area contributed by atoms with E-state index in [0.29, 0.717) is 19.3 Å². The molecule has 0 aromatic heterocycles. The lowest BCUT2D eigenvalue weighted by Crippen LogP contribution is -2.55. The molecule has 0 aliphatic heterocycles. The first-order valence-electron chi connectivity index (χ1n) is 10.6. The van der Waals surface area contributed by atoms with Gasteiger partial charge in [0.15, 0.2) is 0 Å². The van der Waals surface area contributed by atoms with Gasteiger partial charge in [0, 0.05) is 43.4 Å². The van der Waals surface area contributed by atoms with Gasteiger partial charge in [-0.3, -0.25) is 14.4 Å². The number of hydrogen-bond donors (Lipinski definition) is 1. The van der Waals surface area contributed by atoms with Gasteiger partial charge in [0.25, 0.3) is 0 Å². The quantitative estimate of drug-likeness (QED) is 0.737. The molecule has 3 rings (SSSR count). The Labute approximate surface area is 167 Å². The van der Waals surface area contributed by atoms with Crippen LogP contribution in [0.4, 0.5) is 0 Å². The van der Waals surface area contributed by atoms with Crippen LogP contribution in [0.25, 0.3) is 0 Å². The van der Waals surface area contributed by atoms with Gasteiger partial charge in [0.2, 0.25) is 0 Å². The molecular weight excluding hydrogens is 360 g/mol. The van der Waals surface area contributed by atoms with E-state index in [1.807, 2.05) is 6.92 Å². The highest BCUT2D eigenvalue weighted by Gasteiger charge is 2.60. The van der Waals surface area contributed by atoms with Crippen molar-refractivity contribution in [3.63, 3.8) is 0 Å². The zero-order chi connectivity index (χ0) is 20.7. The summed E-state index contributed by atoms with van der Waals surface area (Å²) in [5.41, 5.74) is -0.631.